The van der Waals surface area contributed by atoms with Gasteiger partial charge in [0.2, 0.25) is 0 Å². The van der Waals surface area contributed by atoms with Gasteiger partial charge >= 0.3 is 29.8 Å². The van der Waals surface area contributed by atoms with Gasteiger partial charge < -0.3 is 33.6 Å². The summed E-state index contributed by atoms with van der Waals surface area (Å²) in [6, 6.07) is 0. The van der Waals surface area contributed by atoms with E-state index in [0.29, 0.717) is 64.6 Å². The highest BCUT2D eigenvalue weighted by Crippen LogP contribution is 2.21. The van der Waals surface area contributed by atoms with Crippen molar-refractivity contribution >= 4 is 36.1 Å². The molecule has 0 amide bonds. The number of aldehydes is 1. The minimum Gasteiger partial charge on any atom is -0.466 e. The SMILES string of the molecule is CC/C=C\CCCCOC(=O)CCCCCCC(=O)OCC(CO)(COC(=O)CCCCCCC=O)COC(=O)CCCCCCC(=O)OCCCC/C=C\CC. The maximum absolute atomic E-state index is 12.6. The first kappa shape index (κ1) is 53.5. The predicted molar refractivity (Wildman–Crippen MR) is 220 cm³/mol. The van der Waals surface area contributed by atoms with Gasteiger partial charge in [-0.1, -0.05) is 76.7 Å². The number of aliphatic hydroxyl groups excluding tert-OH is 1. The molecule has 0 aliphatic heterocycles. The van der Waals surface area contributed by atoms with Crippen LogP contribution >= 0.6 is 0 Å². The first-order valence-electron chi connectivity index (χ1n) is 21.8. The molecule has 0 aromatic heterocycles. The van der Waals surface area contributed by atoms with Crippen molar-refractivity contribution in [3.63, 3.8) is 0 Å². The summed E-state index contributed by atoms with van der Waals surface area (Å²) < 4.78 is 27.0. The van der Waals surface area contributed by atoms with Gasteiger partial charge in [0, 0.05) is 38.5 Å². The van der Waals surface area contributed by atoms with E-state index in [1.54, 1.807) is 0 Å². The molecule has 0 bridgehead atoms. The Morgan fingerprint density at radius 2 is 0.737 bits per heavy atom. The number of hydrogen-bond acceptors (Lipinski definition) is 12. The molecule has 12 nitrogen and oxygen atoms in total. The van der Waals surface area contributed by atoms with Crippen molar-refractivity contribution < 1.29 is 57.6 Å². The van der Waals surface area contributed by atoms with Gasteiger partial charge in [-0.2, -0.15) is 0 Å². The molecular formula is C45H76O12. The smallest absolute Gasteiger partial charge is 0.305 e. The van der Waals surface area contributed by atoms with Crippen LogP contribution in [0.2, 0.25) is 0 Å². The molecule has 1 N–H and O–H groups in total. The lowest BCUT2D eigenvalue weighted by Crippen LogP contribution is -2.42. The highest BCUT2D eigenvalue weighted by molar-refractivity contribution is 5.71. The molecule has 0 aliphatic carbocycles. The Morgan fingerprint density at radius 1 is 0.421 bits per heavy atom. The van der Waals surface area contributed by atoms with Crippen molar-refractivity contribution in [3.8, 4) is 0 Å². The summed E-state index contributed by atoms with van der Waals surface area (Å²) in [6.07, 6.45) is 27.1. The second-order valence-electron chi connectivity index (χ2n) is 14.8. The highest BCUT2D eigenvalue weighted by Gasteiger charge is 2.35. The van der Waals surface area contributed by atoms with Gasteiger partial charge in [-0.25, -0.2) is 0 Å². The fourth-order valence-electron chi connectivity index (χ4n) is 5.63. The highest BCUT2D eigenvalue weighted by atomic mass is 16.6. The van der Waals surface area contributed by atoms with Gasteiger partial charge in [0.1, 0.15) is 26.1 Å². The molecule has 0 atom stereocenters. The number of esters is 5. The van der Waals surface area contributed by atoms with Crippen LogP contribution in [0.25, 0.3) is 0 Å². The van der Waals surface area contributed by atoms with Crippen molar-refractivity contribution in [1.82, 2.24) is 0 Å². The summed E-state index contributed by atoms with van der Waals surface area (Å²) in [5.41, 5.74) is -1.33. The number of hydrogen-bond donors (Lipinski definition) is 1. The van der Waals surface area contributed by atoms with Crippen LogP contribution in [0.1, 0.15) is 181 Å². The predicted octanol–water partition coefficient (Wildman–Crippen LogP) is 9.17. The van der Waals surface area contributed by atoms with Crippen molar-refractivity contribution in [2.24, 2.45) is 5.41 Å². The van der Waals surface area contributed by atoms with Crippen LogP contribution in [0, 0.1) is 5.41 Å². The van der Waals surface area contributed by atoms with Crippen LogP contribution in [-0.4, -0.2) is 80.9 Å². The molecule has 57 heavy (non-hydrogen) atoms. The van der Waals surface area contributed by atoms with Crippen LogP contribution in [0.3, 0.4) is 0 Å². The van der Waals surface area contributed by atoms with E-state index in [9.17, 15) is 33.9 Å². The van der Waals surface area contributed by atoms with Crippen molar-refractivity contribution in [3.05, 3.63) is 24.3 Å². The number of allylic oxidation sites excluding steroid dienone is 4. The van der Waals surface area contributed by atoms with Gasteiger partial charge in [0.15, 0.2) is 0 Å². The largest absolute Gasteiger partial charge is 0.466 e. The molecule has 0 spiro atoms. The summed E-state index contributed by atoms with van der Waals surface area (Å²) in [5.74, 6) is -1.87. The minimum atomic E-state index is -1.33. The molecule has 0 fully saturated rings. The van der Waals surface area contributed by atoms with Crippen LogP contribution in [0.5, 0.6) is 0 Å². The maximum Gasteiger partial charge on any atom is 0.305 e. The fraction of sp³-hybridized carbons (Fsp3) is 0.778. The lowest BCUT2D eigenvalue weighted by atomic mass is 9.92. The Balaban J connectivity index is 4.64. The summed E-state index contributed by atoms with van der Waals surface area (Å²) in [5, 5.41) is 10.4. The van der Waals surface area contributed by atoms with Gasteiger partial charge in [-0.3, -0.25) is 24.0 Å². The number of carbonyl (C=O) groups excluding carboxylic acids is 6. The summed E-state index contributed by atoms with van der Waals surface area (Å²) >= 11 is 0. The van der Waals surface area contributed by atoms with Crippen molar-refractivity contribution in [2.45, 2.75) is 181 Å². The van der Waals surface area contributed by atoms with Crippen LogP contribution < -0.4 is 0 Å². The molecule has 0 aromatic rings. The van der Waals surface area contributed by atoms with E-state index >= 15 is 0 Å². The summed E-state index contributed by atoms with van der Waals surface area (Å²) in [6.45, 7) is 3.59. The number of unbranched alkanes of at least 4 members (excludes halogenated alkanes) is 14. The Morgan fingerprint density at radius 3 is 1.05 bits per heavy atom. The quantitative estimate of drug-likeness (QED) is 0.0205. The van der Waals surface area contributed by atoms with Crippen LogP contribution in [0.4, 0.5) is 0 Å². The van der Waals surface area contributed by atoms with E-state index in [2.05, 4.69) is 38.2 Å². The number of rotatable bonds is 40. The molecule has 0 aliphatic rings. The zero-order valence-corrected chi connectivity index (χ0v) is 35.5. The molecule has 328 valence electrons. The Kier molecular flexibility index (Phi) is 36.9. The standard InChI is InChI=1S/C45H76O12/c1-3-5-7-9-18-26-34-53-40(48)28-21-13-15-23-31-43(51)56-38-45(36-47,37-55-42(50)30-20-12-11-17-25-33-46)39-57-44(52)32-24-16-14-22-29-41(49)54-35-27-19-10-8-6-4-2/h5-8,33,47H,3-4,9-32,34-39H2,1-2H3/b7-5-,8-6-. The average Bonchev–Trinajstić information content (AvgIpc) is 3.20. The van der Waals surface area contributed by atoms with Gasteiger partial charge in [0.25, 0.3) is 0 Å². The second kappa shape index (κ2) is 39.3. The Bertz CT molecular complexity index is 1050. The van der Waals surface area contributed by atoms with Gasteiger partial charge in [-0.15, -0.1) is 0 Å². The number of aliphatic hydroxyl groups is 1. The van der Waals surface area contributed by atoms with Gasteiger partial charge in [-0.05, 0) is 89.9 Å². The summed E-state index contributed by atoms with van der Waals surface area (Å²) in [4.78, 5) is 72.2. The van der Waals surface area contributed by atoms with Crippen LogP contribution in [-0.2, 0) is 52.5 Å². The Labute approximate surface area is 343 Å². The maximum atomic E-state index is 12.6. The molecule has 0 saturated carbocycles. The normalized spacial score (nSPS) is 11.5. The Hall–Kier alpha value is -3.54. The van der Waals surface area contributed by atoms with Gasteiger partial charge in [0.05, 0.1) is 25.2 Å². The van der Waals surface area contributed by atoms with E-state index in [4.69, 9.17) is 23.7 Å². The second-order valence-corrected chi connectivity index (χ2v) is 14.8. The number of ether oxygens (including phenoxy) is 5. The van der Waals surface area contributed by atoms with E-state index < -0.39 is 29.9 Å². The third kappa shape index (κ3) is 35.4. The zero-order valence-electron chi connectivity index (χ0n) is 35.5. The minimum absolute atomic E-state index is 0.136. The van der Waals surface area contributed by atoms with E-state index in [1.165, 1.54) is 0 Å². The molecule has 0 heterocycles. The van der Waals surface area contributed by atoms with Crippen molar-refractivity contribution in [1.29, 1.82) is 0 Å². The average molecular weight is 809 g/mol. The first-order valence-corrected chi connectivity index (χ1v) is 21.8. The molecule has 0 radical (unpaired) electrons. The third-order valence-corrected chi connectivity index (χ3v) is 9.29. The molecular weight excluding hydrogens is 732 g/mol. The zero-order chi connectivity index (χ0) is 42.1. The number of carbonyl (C=O) groups is 6. The lowest BCUT2D eigenvalue weighted by Gasteiger charge is -2.30. The van der Waals surface area contributed by atoms with Crippen LogP contribution in [0.15, 0.2) is 24.3 Å². The van der Waals surface area contributed by atoms with E-state index in [0.717, 1.165) is 103 Å². The fourth-order valence-corrected chi connectivity index (χ4v) is 5.63. The first-order chi connectivity index (χ1) is 27.7. The molecule has 0 saturated heterocycles. The van der Waals surface area contributed by atoms with E-state index in [-0.39, 0.29) is 51.0 Å². The molecule has 0 rings (SSSR count). The van der Waals surface area contributed by atoms with E-state index in [1.807, 2.05) is 0 Å². The monoisotopic (exact) mass is 809 g/mol. The summed E-state index contributed by atoms with van der Waals surface area (Å²) in [7, 11) is 0. The molecule has 0 aromatic carbocycles. The molecule has 0 unspecified atom stereocenters. The third-order valence-electron chi connectivity index (χ3n) is 9.29. The lowest BCUT2D eigenvalue weighted by molar-refractivity contribution is -0.165. The van der Waals surface area contributed by atoms with Crippen molar-refractivity contribution in [2.75, 3.05) is 39.6 Å². The molecule has 12 heteroatoms. The topological polar surface area (TPSA) is 169 Å².